The number of nitrogens with two attached hydrogens (primary N) is 1. The second-order valence-corrected chi connectivity index (χ2v) is 13.6. The summed E-state index contributed by atoms with van der Waals surface area (Å²) in [5.41, 5.74) is 7.99. The third-order valence-electron chi connectivity index (χ3n) is 8.57. The van der Waals surface area contributed by atoms with Crippen molar-refractivity contribution in [3.63, 3.8) is 0 Å². The number of sulfonamides is 1. The van der Waals surface area contributed by atoms with Gasteiger partial charge in [0.15, 0.2) is 5.65 Å². The number of nitrogens with zero attached hydrogens (tertiary/aromatic N) is 6. The molecular formula is C28H33Cl2FN8O2S. The van der Waals surface area contributed by atoms with Crippen LogP contribution in [0.2, 0.25) is 10.0 Å². The molecule has 1 saturated carbocycles. The average Bonchev–Trinajstić information content (AvgIpc) is 3.35. The highest BCUT2D eigenvalue weighted by Crippen LogP contribution is 2.39. The Balaban J connectivity index is 1.26. The van der Waals surface area contributed by atoms with Gasteiger partial charge in [-0.1, -0.05) is 29.3 Å². The molecule has 14 heteroatoms. The fourth-order valence-electron chi connectivity index (χ4n) is 6.26. The Kier molecular flexibility index (Phi) is 8.18. The van der Waals surface area contributed by atoms with Crippen LogP contribution in [0.15, 0.2) is 47.0 Å². The summed E-state index contributed by atoms with van der Waals surface area (Å²) in [5, 5.41) is 5.42. The Morgan fingerprint density at radius 3 is 2.33 bits per heavy atom. The monoisotopic (exact) mass is 634 g/mol. The smallest absolute Gasteiger partial charge is 0.264 e. The Labute approximate surface area is 254 Å². The van der Waals surface area contributed by atoms with Crippen LogP contribution >= 0.6 is 23.2 Å². The van der Waals surface area contributed by atoms with E-state index in [4.69, 9.17) is 34.0 Å². The molecule has 1 aliphatic heterocycles. The highest BCUT2D eigenvalue weighted by atomic mass is 35.5. The third kappa shape index (κ3) is 5.62. The van der Waals surface area contributed by atoms with E-state index in [-0.39, 0.29) is 38.9 Å². The first kappa shape index (κ1) is 29.3. The van der Waals surface area contributed by atoms with E-state index in [9.17, 15) is 8.42 Å². The number of hydrogen-bond donors (Lipinski definition) is 2. The first-order chi connectivity index (χ1) is 20.1. The van der Waals surface area contributed by atoms with Gasteiger partial charge in [0.2, 0.25) is 0 Å². The maximum absolute atomic E-state index is 15.4. The zero-order valence-corrected chi connectivity index (χ0v) is 25.6. The molecule has 3 aromatic rings. The molecule has 3 heterocycles. The molecule has 2 aromatic heterocycles. The molecule has 0 bridgehead atoms. The highest BCUT2D eigenvalue weighted by molar-refractivity contribution is 7.89. The number of halogens is 3. The van der Waals surface area contributed by atoms with E-state index < -0.39 is 15.9 Å². The Morgan fingerprint density at radius 1 is 1.00 bits per heavy atom. The number of allylic oxidation sites excluding steroid dienone is 4. The molecule has 3 aliphatic rings. The van der Waals surface area contributed by atoms with Gasteiger partial charge in [-0.2, -0.15) is 5.10 Å². The normalized spacial score (nSPS) is 22.9. The van der Waals surface area contributed by atoms with Gasteiger partial charge in [-0.15, -0.1) is 0 Å². The number of aromatic nitrogens is 4. The lowest BCUT2D eigenvalue weighted by Gasteiger charge is -2.41. The van der Waals surface area contributed by atoms with Crippen LogP contribution in [0.1, 0.15) is 50.3 Å². The molecule has 224 valence electrons. The average molecular weight is 636 g/mol. The van der Waals surface area contributed by atoms with E-state index >= 15 is 4.39 Å². The molecule has 0 unspecified atom stereocenters. The summed E-state index contributed by atoms with van der Waals surface area (Å²) in [4.78, 5) is 13.4. The fraction of sp³-hybridized carbons (Fsp3) is 0.464. The number of rotatable bonds is 6. The van der Waals surface area contributed by atoms with E-state index in [2.05, 4.69) is 31.5 Å². The number of anilines is 1. The standard InChI is InChI=1S/C28H33Cl2FN8O2S/c1-37-11-13-38(14-12-37)18-6-8-19(9-7-18)39-28-24(27(32)33-16-34-28)25(35-39)17-5-10-23(22(31)15-17)36-42(40,41)26-20(29)3-2-4-21(26)30/h2-4,15-16,18-19,36H,5-14H2,1H3,(H2,32,33,34). The number of fused-ring (bicyclic) bond motifs is 1. The molecule has 0 spiro atoms. The van der Waals surface area contributed by atoms with Crippen molar-refractivity contribution in [3.8, 4) is 0 Å². The zero-order chi connectivity index (χ0) is 29.6. The number of nitrogen functional groups attached to an aromatic ring is 1. The topological polar surface area (TPSA) is 122 Å². The molecule has 0 radical (unpaired) electrons. The molecule has 6 rings (SSSR count). The summed E-state index contributed by atoms with van der Waals surface area (Å²) in [6, 6.07) is 5.08. The molecule has 42 heavy (non-hydrogen) atoms. The minimum Gasteiger partial charge on any atom is -0.383 e. The lowest BCUT2D eigenvalue weighted by atomic mass is 9.90. The zero-order valence-electron chi connectivity index (χ0n) is 23.2. The molecular weight excluding hydrogens is 602 g/mol. The molecule has 0 atom stereocenters. The number of piperazine rings is 1. The van der Waals surface area contributed by atoms with E-state index in [0.29, 0.717) is 34.8 Å². The Hall–Kier alpha value is -2.77. The van der Waals surface area contributed by atoms with Crippen LogP contribution in [0.5, 0.6) is 0 Å². The van der Waals surface area contributed by atoms with Gasteiger partial charge in [0.25, 0.3) is 10.0 Å². The minimum absolute atomic E-state index is 0.0481. The first-order valence-electron chi connectivity index (χ1n) is 14.1. The van der Waals surface area contributed by atoms with Gasteiger partial charge in [-0.3, -0.25) is 9.62 Å². The van der Waals surface area contributed by atoms with Crippen molar-refractivity contribution in [3.05, 3.63) is 57.9 Å². The second-order valence-electron chi connectivity index (χ2n) is 11.2. The van der Waals surface area contributed by atoms with E-state index in [0.717, 1.165) is 51.9 Å². The van der Waals surface area contributed by atoms with E-state index in [1.807, 2.05) is 4.68 Å². The fourth-order valence-corrected chi connectivity index (χ4v) is 8.54. The lowest BCUT2D eigenvalue weighted by Crippen LogP contribution is -2.49. The van der Waals surface area contributed by atoms with Gasteiger partial charge in [0.1, 0.15) is 28.6 Å². The number of hydrogen-bond acceptors (Lipinski definition) is 8. The van der Waals surface area contributed by atoms with Gasteiger partial charge in [-0.25, -0.2) is 27.5 Å². The molecule has 3 N–H and O–H groups in total. The molecule has 0 amide bonds. The summed E-state index contributed by atoms with van der Waals surface area (Å²) in [6.07, 6.45) is 7.22. The van der Waals surface area contributed by atoms with Crippen LogP contribution in [0.3, 0.4) is 0 Å². The second kappa shape index (κ2) is 11.7. The molecule has 10 nitrogen and oxygen atoms in total. The maximum Gasteiger partial charge on any atom is 0.264 e. The van der Waals surface area contributed by atoms with Crippen LogP contribution in [0, 0.1) is 0 Å². The predicted molar refractivity (Wildman–Crippen MR) is 162 cm³/mol. The number of likely N-dealkylation sites (N-methyl/N-ethyl adjacent to an activating group) is 1. The van der Waals surface area contributed by atoms with Gasteiger partial charge >= 0.3 is 0 Å². The number of benzene rings is 1. The van der Waals surface area contributed by atoms with Gasteiger partial charge in [-0.05, 0) is 69.4 Å². The van der Waals surface area contributed by atoms with Crippen molar-refractivity contribution in [2.75, 3.05) is 39.0 Å². The maximum atomic E-state index is 15.4. The summed E-state index contributed by atoms with van der Waals surface area (Å²) < 4.78 is 45.8. The van der Waals surface area contributed by atoms with Crippen LogP contribution in [-0.4, -0.2) is 77.2 Å². The Morgan fingerprint density at radius 2 is 1.67 bits per heavy atom. The van der Waals surface area contributed by atoms with Crippen molar-refractivity contribution in [1.82, 2.24) is 34.3 Å². The SMILES string of the molecule is CN1CCN(C2CCC(n3nc(C4=CC(F)=C(NS(=O)(=O)c5c(Cl)cccc5Cl)CC4)c4c(N)ncnc43)CC2)CC1. The predicted octanol–water partition coefficient (Wildman–Crippen LogP) is 4.78. The van der Waals surface area contributed by atoms with Crippen LogP contribution < -0.4 is 10.5 Å². The minimum atomic E-state index is -4.21. The first-order valence-corrected chi connectivity index (χ1v) is 16.3. The van der Waals surface area contributed by atoms with Crippen LogP contribution in [0.25, 0.3) is 16.6 Å². The Bertz CT molecular complexity index is 1660. The molecule has 1 saturated heterocycles. The van der Waals surface area contributed by atoms with Crippen molar-refractivity contribution >= 4 is 55.6 Å². The lowest BCUT2D eigenvalue weighted by molar-refractivity contribution is 0.0815. The molecule has 2 aliphatic carbocycles. The van der Waals surface area contributed by atoms with Gasteiger partial charge in [0, 0.05) is 32.2 Å². The summed E-state index contributed by atoms with van der Waals surface area (Å²) in [6.45, 7) is 4.39. The van der Waals surface area contributed by atoms with Gasteiger partial charge in [0.05, 0.1) is 27.2 Å². The van der Waals surface area contributed by atoms with Crippen molar-refractivity contribution in [1.29, 1.82) is 0 Å². The van der Waals surface area contributed by atoms with Crippen molar-refractivity contribution in [2.24, 2.45) is 0 Å². The van der Waals surface area contributed by atoms with Crippen molar-refractivity contribution in [2.45, 2.75) is 55.5 Å². The van der Waals surface area contributed by atoms with E-state index in [1.54, 1.807) is 0 Å². The molecule has 2 fully saturated rings. The third-order valence-corrected chi connectivity index (χ3v) is 10.9. The summed E-state index contributed by atoms with van der Waals surface area (Å²) in [5.74, 6) is -0.439. The summed E-state index contributed by atoms with van der Waals surface area (Å²) >= 11 is 12.2. The van der Waals surface area contributed by atoms with Crippen LogP contribution in [-0.2, 0) is 10.0 Å². The number of nitrogens with one attached hydrogen (secondary N) is 1. The van der Waals surface area contributed by atoms with Gasteiger partial charge < -0.3 is 10.6 Å². The largest absolute Gasteiger partial charge is 0.383 e. The summed E-state index contributed by atoms with van der Waals surface area (Å²) in [7, 11) is -2.04. The van der Waals surface area contributed by atoms with Crippen LogP contribution in [0.4, 0.5) is 10.2 Å². The van der Waals surface area contributed by atoms with Crippen molar-refractivity contribution < 1.29 is 12.8 Å². The quantitative estimate of drug-likeness (QED) is 0.397. The molecule has 1 aromatic carbocycles. The highest BCUT2D eigenvalue weighted by Gasteiger charge is 2.32. The van der Waals surface area contributed by atoms with E-state index in [1.165, 1.54) is 30.6 Å².